The summed E-state index contributed by atoms with van der Waals surface area (Å²) < 4.78 is 26.5. The first-order valence-corrected chi connectivity index (χ1v) is 9.70. The van der Waals surface area contributed by atoms with E-state index in [1.165, 1.54) is 0 Å². The van der Waals surface area contributed by atoms with Crippen LogP contribution in [0.2, 0.25) is 5.15 Å². The van der Waals surface area contributed by atoms with Crippen molar-refractivity contribution in [1.82, 2.24) is 9.97 Å². The van der Waals surface area contributed by atoms with E-state index in [9.17, 15) is 4.39 Å². The first-order chi connectivity index (χ1) is 14.5. The second-order valence-electron chi connectivity index (χ2n) is 7.12. The van der Waals surface area contributed by atoms with Gasteiger partial charge in [0.2, 0.25) is 0 Å². The van der Waals surface area contributed by atoms with E-state index in [0.717, 1.165) is 17.1 Å². The van der Waals surface area contributed by atoms with Gasteiger partial charge in [-0.05, 0) is 42.8 Å². The van der Waals surface area contributed by atoms with Gasteiger partial charge >= 0.3 is 0 Å². The first kappa shape index (κ1) is 18.6. The summed E-state index contributed by atoms with van der Waals surface area (Å²) in [6.07, 6.45) is 2.15. The normalized spacial score (nSPS) is 19.2. The van der Waals surface area contributed by atoms with Gasteiger partial charge in [-0.2, -0.15) is 4.39 Å². The molecule has 3 N–H and O–H groups in total. The number of aryl methyl sites for hydroxylation is 1. The van der Waals surface area contributed by atoms with Crippen LogP contribution in [-0.2, 0) is 10.3 Å². The van der Waals surface area contributed by atoms with Crippen LogP contribution in [0.1, 0.15) is 23.1 Å². The Kier molecular flexibility index (Phi) is 4.25. The summed E-state index contributed by atoms with van der Waals surface area (Å²) >= 11 is 6.06. The van der Waals surface area contributed by atoms with Crippen molar-refractivity contribution in [1.29, 1.82) is 0 Å². The molecule has 0 fully saturated rings. The predicted molar refractivity (Wildman–Crippen MR) is 111 cm³/mol. The van der Waals surface area contributed by atoms with E-state index in [2.05, 4.69) is 20.3 Å². The summed E-state index contributed by atoms with van der Waals surface area (Å²) in [6, 6.07) is 10.9. The molecule has 2 aliphatic heterocycles. The van der Waals surface area contributed by atoms with E-state index >= 15 is 0 Å². The highest BCUT2D eigenvalue weighted by atomic mass is 35.5. The van der Waals surface area contributed by atoms with Crippen LogP contribution >= 0.6 is 11.6 Å². The van der Waals surface area contributed by atoms with Gasteiger partial charge in [-0.25, -0.2) is 15.0 Å². The number of aliphatic imine (C=N–C) groups is 1. The number of amidine groups is 1. The predicted octanol–water partition coefficient (Wildman–Crippen LogP) is 4.41. The lowest BCUT2D eigenvalue weighted by Crippen LogP contribution is -2.42. The molecule has 3 aromatic rings. The van der Waals surface area contributed by atoms with E-state index in [4.69, 9.17) is 26.8 Å². The van der Waals surface area contributed by atoms with Crippen molar-refractivity contribution < 1.29 is 13.9 Å². The molecule has 0 unspecified atom stereocenters. The number of fused-ring (bicyclic) bond motifs is 4. The van der Waals surface area contributed by atoms with Gasteiger partial charge in [0.25, 0.3) is 12.0 Å². The van der Waals surface area contributed by atoms with Crippen LogP contribution in [0.3, 0.4) is 0 Å². The molecule has 5 rings (SSSR count). The summed E-state index contributed by atoms with van der Waals surface area (Å²) in [5.74, 6) is 0.345. The molecule has 4 heterocycles. The van der Waals surface area contributed by atoms with Gasteiger partial charge in [0.1, 0.15) is 16.7 Å². The highest BCUT2D eigenvalue weighted by Crippen LogP contribution is 2.53. The van der Waals surface area contributed by atoms with Gasteiger partial charge in [-0.3, -0.25) is 0 Å². The van der Waals surface area contributed by atoms with Crippen LogP contribution < -0.4 is 15.8 Å². The van der Waals surface area contributed by atoms with Crippen molar-refractivity contribution in [3.63, 3.8) is 0 Å². The number of nitrogens with one attached hydrogen (secondary N) is 1. The molecule has 9 heteroatoms. The molecule has 0 aliphatic carbocycles. The summed E-state index contributed by atoms with van der Waals surface area (Å²) in [6.45, 7) is 2.37. The second-order valence-corrected chi connectivity index (χ2v) is 7.51. The van der Waals surface area contributed by atoms with Crippen LogP contribution in [-0.4, -0.2) is 22.5 Å². The van der Waals surface area contributed by atoms with E-state index in [-0.39, 0.29) is 16.9 Å². The third-order valence-electron chi connectivity index (χ3n) is 5.24. The zero-order chi connectivity index (χ0) is 20.9. The summed E-state index contributed by atoms with van der Waals surface area (Å²) in [4.78, 5) is 12.2. The first-order valence-electron chi connectivity index (χ1n) is 9.33. The number of pyridine rings is 2. The number of rotatable bonds is 2. The fraction of sp³-hybridized carbons (Fsp3) is 0.190. The van der Waals surface area contributed by atoms with Gasteiger partial charge in [0.15, 0.2) is 11.4 Å². The molecule has 2 aromatic heterocycles. The zero-order valence-electron chi connectivity index (χ0n) is 15.9. The minimum Gasteiger partial charge on any atom is -0.452 e. The molecule has 2 aliphatic rings. The number of benzene rings is 1. The average molecular weight is 426 g/mol. The molecule has 1 aromatic carbocycles. The molecule has 30 heavy (non-hydrogen) atoms. The largest absolute Gasteiger partial charge is 0.452 e. The topological polar surface area (TPSA) is 94.7 Å². The fourth-order valence-corrected chi connectivity index (χ4v) is 4.04. The number of aromatic nitrogens is 2. The molecular weight excluding hydrogens is 409 g/mol. The standard InChI is InChI=1S/C21H17ClFN5O2/c1-11-3-2-7-25-19(11)27-12-4-5-15-13(9-12)21(6-8-26-20(24)30-21)14-10-16(22)28-18(23)17(14)29-15/h2-5,7,9-10H,6,8H2,1H3,(H2,24,26)(H,25,27)/t21-/m0/s1. The molecule has 0 bridgehead atoms. The Morgan fingerprint density at radius 3 is 2.90 bits per heavy atom. The van der Waals surface area contributed by atoms with Crippen molar-refractivity contribution in [2.24, 2.45) is 10.7 Å². The molecule has 0 saturated carbocycles. The minimum atomic E-state index is -1.10. The van der Waals surface area contributed by atoms with Gasteiger partial charge < -0.3 is 20.5 Å². The molecule has 0 saturated heterocycles. The molecular formula is C21H17ClFN5O2. The number of hydrogen-bond acceptors (Lipinski definition) is 7. The lowest BCUT2D eigenvalue weighted by Gasteiger charge is -2.41. The Morgan fingerprint density at radius 1 is 1.23 bits per heavy atom. The van der Waals surface area contributed by atoms with Crippen molar-refractivity contribution in [2.75, 3.05) is 11.9 Å². The maximum atomic E-state index is 14.6. The molecule has 7 nitrogen and oxygen atoms in total. The molecule has 0 radical (unpaired) electrons. The smallest absolute Gasteiger partial charge is 0.283 e. The highest BCUT2D eigenvalue weighted by molar-refractivity contribution is 6.29. The van der Waals surface area contributed by atoms with E-state index in [1.807, 2.05) is 31.2 Å². The van der Waals surface area contributed by atoms with Crippen molar-refractivity contribution in [2.45, 2.75) is 18.9 Å². The number of hydrogen-bond donors (Lipinski definition) is 2. The number of nitrogens with zero attached hydrogens (tertiary/aromatic N) is 3. The van der Waals surface area contributed by atoms with E-state index < -0.39 is 11.5 Å². The molecule has 152 valence electrons. The monoisotopic (exact) mass is 425 g/mol. The lowest BCUT2D eigenvalue weighted by atomic mass is 9.80. The Labute approximate surface area is 176 Å². The van der Waals surface area contributed by atoms with E-state index in [0.29, 0.717) is 29.8 Å². The Balaban J connectivity index is 1.67. The average Bonchev–Trinajstić information content (AvgIpc) is 2.71. The van der Waals surface area contributed by atoms with Crippen molar-refractivity contribution in [3.05, 3.63) is 70.4 Å². The highest BCUT2D eigenvalue weighted by Gasteiger charge is 2.48. The lowest BCUT2D eigenvalue weighted by molar-refractivity contribution is 0.0624. The summed E-state index contributed by atoms with van der Waals surface area (Å²) in [5.41, 5.74) is 7.72. The van der Waals surface area contributed by atoms with Crippen LogP contribution in [0.25, 0.3) is 0 Å². The molecule has 1 spiro atoms. The number of anilines is 2. The quantitative estimate of drug-likeness (QED) is 0.591. The van der Waals surface area contributed by atoms with Crippen LogP contribution in [0.5, 0.6) is 11.5 Å². The number of ether oxygens (including phenoxy) is 2. The molecule has 0 amide bonds. The van der Waals surface area contributed by atoms with Crippen LogP contribution in [0.15, 0.2) is 47.6 Å². The second kappa shape index (κ2) is 6.84. The Morgan fingerprint density at radius 2 is 2.10 bits per heavy atom. The third-order valence-corrected chi connectivity index (χ3v) is 5.44. The maximum Gasteiger partial charge on any atom is 0.283 e. The van der Waals surface area contributed by atoms with Crippen LogP contribution in [0.4, 0.5) is 15.9 Å². The third kappa shape index (κ3) is 2.91. The van der Waals surface area contributed by atoms with Crippen LogP contribution in [0, 0.1) is 12.9 Å². The van der Waals surface area contributed by atoms with Crippen molar-refractivity contribution >= 4 is 29.1 Å². The fourth-order valence-electron chi connectivity index (χ4n) is 3.85. The maximum absolute atomic E-state index is 14.6. The SMILES string of the molecule is Cc1cccnc1Nc1ccc2c(c1)[C@@]1(CCN=C(N)O1)c1cc(Cl)nc(F)c1O2. The minimum absolute atomic E-state index is 0.000693. The Hall–Kier alpha value is -3.39. The zero-order valence-corrected chi connectivity index (χ0v) is 16.7. The number of nitrogens with two attached hydrogens (primary N) is 1. The van der Waals surface area contributed by atoms with Gasteiger partial charge in [-0.1, -0.05) is 17.7 Å². The molecule has 1 atom stereocenters. The summed E-state index contributed by atoms with van der Waals surface area (Å²) in [5, 5.41) is 3.31. The van der Waals surface area contributed by atoms with Gasteiger partial charge in [0, 0.05) is 30.4 Å². The van der Waals surface area contributed by atoms with Crippen molar-refractivity contribution in [3.8, 4) is 11.5 Å². The Bertz CT molecular complexity index is 1200. The number of halogens is 2. The van der Waals surface area contributed by atoms with E-state index in [1.54, 1.807) is 18.3 Å². The summed E-state index contributed by atoms with van der Waals surface area (Å²) in [7, 11) is 0. The van der Waals surface area contributed by atoms with Gasteiger partial charge in [-0.15, -0.1) is 0 Å². The van der Waals surface area contributed by atoms with Gasteiger partial charge in [0.05, 0.1) is 5.56 Å².